The zero-order chi connectivity index (χ0) is 9.84. The van der Waals surface area contributed by atoms with Crippen LogP contribution in [0.15, 0.2) is 0 Å². The molecule has 1 N–H and O–H groups in total. The Morgan fingerprint density at radius 3 is 2.08 bits per heavy atom. The molecule has 1 saturated heterocycles. The zero-order valence-corrected chi connectivity index (χ0v) is 8.10. The van der Waals surface area contributed by atoms with Gasteiger partial charge < -0.3 is 24.1 Å². The van der Waals surface area contributed by atoms with Gasteiger partial charge in [-0.05, 0) is 0 Å². The fraction of sp³-hybridized carbons (Fsp3) is 1.00. The minimum absolute atomic E-state index is 0.0990. The molecule has 4 atom stereocenters. The Balaban J connectivity index is 2.65. The summed E-state index contributed by atoms with van der Waals surface area (Å²) >= 11 is 0. The molecule has 1 aliphatic heterocycles. The number of methoxy groups -OCH3 is 3. The molecule has 4 unspecified atom stereocenters. The van der Waals surface area contributed by atoms with E-state index in [1.54, 1.807) is 14.2 Å². The number of hydrogen-bond acceptors (Lipinski definition) is 5. The third-order valence-electron chi connectivity index (χ3n) is 2.22. The maximum atomic E-state index is 8.98. The summed E-state index contributed by atoms with van der Waals surface area (Å²) < 4.78 is 20.7. The summed E-state index contributed by atoms with van der Waals surface area (Å²) in [5, 5.41) is 8.98. The predicted octanol–water partition coefficient (Wildman–Crippen LogP) is -0.620. The van der Waals surface area contributed by atoms with Crippen LogP contribution in [0.3, 0.4) is 0 Å². The normalized spacial score (nSPS) is 39.7. The van der Waals surface area contributed by atoms with Crippen molar-refractivity contribution in [3.63, 3.8) is 0 Å². The van der Waals surface area contributed by atoms with Gasteiger partial charge in [-0.15, -0.1) is 0 Å². The van der Waals surface area contributed by atoms with Crippen LogP contribution in [0, 0.1) is 0 Å². The highest BCUT2D eigenvalue weighted by atomic mass is 16.7. The van der Waals surface area contributed by atoms with Crippen LogP contribution >= 0.6 is 0 Å². The predicted molar refractivity (Wildman–Crippen MR) is 44.3 cm³/mol. The summed E-state index contributed by atoms with van der Waals surface area (Å²) in [6, 6.07) is 0. The van der Waals surface area contributed by atoms with E-state index >= 15 is 0 Å². The first-order valence-corrected chi connectivity index (χ1v) is 4.13. The van der Waals surface area contributed by atoms with Gasteiger partial charge in [-0.2, -0.15) is 0 Å². The third-order valence-corrected chi connectivity index (χ3v) is 2.22. The molecule has 78 valence electrons. The van der Waals surface area contributed by atoms with Gasteiger partial charge in [0.05, 0.1) is 6.61 Å². The van der Waals surface area contributed by atoms with E-state index < -0.39 is 6.29 Å². The second-order valence-corrected chi connectivity index (χ2v) is 2.86. The summed E-state index contributed by atoms with van der Waals surface area (Å²) in [6.07, 6.45) is -1.40. The highest BCUT2D eigenvalue weighted by molar-refractivity contribution is 4.88. The van der Waals surface area contributed by atoms with E-state index in [1.807, 2.05) is 0 Å². The quantitative estimate of drug-likeness (QED) is 0.643. The summed E-state index contributed by atoms with van der Waals surface area (Å²) in [6.45, 7) is -0.0990. The second-order valence-electron chi connectivity index (χ2n) is 2.86. The number of aliphatic hydroxyl groups excluding tert-OH is 1. The molecular formula is C8H16O5. The van der Waals surface area contributed by atoms with E-state index in [2.05, 4.69) is 0 Å². The zero-order valence-electron chi connectivity index (χ0n) is 8.10. The molecule has 0 aromatic rings. The number of rotatable bonds is 4. The van der Waals surface area contributed by atoms with Crippen molar-refractivity contribution in [3.05, 3.63) is 0 Å². The van der Waals surface area contributed by atoms with Crippen LogP contribution in [-0.2, 0) is 18.9 Å². The Bertz CT molecular complexity index is 135. The lowest BCUT2D eigenvalue weighted by Crippen LogP contribution is -2.37. The van der Waals surface area contributed by atoms with Crippen LogP contribution in [0.1, 0.15) is 0 Å². The molecule has 0 radical (unpaired) electrons. The van der Waals surface area contributed by atoms with Crippen molar-refractivity contribution < 1.29 is 24.1 Å². The molecule has 0 bridgehead atoms. The van der Waals surface area contributed by atoms with Crippen LogP contribution in [0.25, 0.3) is 0 Å². The minimum Gasteiger partial charge on any atom is -0.394 e. The standard InChI is InChI=1S/C8H16O5/c1-10-6-5(4-9)13-8(12-3)7(6)11-2/h5-9H,4H2,1-3H3. The molecule has 0 aliphatic carbocycles. The summed E-state index contributed by atoms with van der Waals surface area (Å²) in [4.78, 5) is 0. The van der Waals surface area contributed by atoms with Crippen molar-refractivity contribution in [2.75, 3.05) is 27.9 Å². The van der Waals surface area contributed by atoms with E-state index in [0.29, 0.717) is 0 Å². The van der Waals surface area contributed by atoms with Crippen molar-refractivity contribution in [3.8, 4) is 0 Å². The number of aliphatic hydroxyl groups is 1. The maximum absolute atomic E-state index is 8.98. The Kier molecular flexibility index (Phi) is 4.08. The van der Waals surface area contributed by atoms with Crippen molar-refractivity contribution in [2.24, 2.45) is 0 Å². The molecule has 0 aromatic heterocycles. The van der Waals surface area contributed by atoms with Crippen LogP contribution in [0.4, 0.5) is 0 Å². The molecule has 5 nitrogen and oxygen atoms in total. The molecule has 1 rings (SSSR count). The SMILES string of the molecule is COC1OC(CO)C(OC)C1OC. The van der Waals surface area contributed by atoms with Crippen LogP contribution < -0.4 is 0 Å². The molecule has 1 heterocycles. The minimum atomic E-state index is -0.466. The lowest BCUT2D eigenvalue weighted by atomic mass is 10.1. The van der Waals surface area contributed by atoms with E-state index in [4.69, 9.17) is 24.1 Å². The van der Waals surface area contributed by atoms with Crippen molar-refractivity contribution in [1.82, 2.24) is 0 Å². The lowest BCUT2D eigenvalue weighted by molar-refractivity contribution is -0.159. The summed E-state index contributed by atoms with van der Waals surface area (Å²) in [5.74, 6) is 0. The van der Waals surface area contributed by atoms with Gasteiger partial charge in [0.2, 0.25) is 0 Å². The molecule has 5 heteroatoms. The molecular weight excluding hydrogens is 176 g/mol. The summed E-state index contributed by atoms with van der Waals surface area (Å²) in [7, 11) is 4.65. The van der Waals surface area contributed by atoms with Gasteiger partial charge in [-0.1, -0.05) is 0 Å². The fourth-order valence-corrected chi connectivity index (χ4v) is 1.56. The highest BCUT2D eigenvalue weighted by Crippen LogP contribution is 2.25. The average Bonchev–Trinajstić information content (AvgIpc) is 2.54. The van der Waals surface area contributed by atoms with Crippen molar-refractivity contribution in [2.45, 2.75) is 24.6 Å². The first kappa shape index (κ1) is 10.9. The van der Waals surface area contributed by atoms with Gasteiger partial charge in [0, 0.05) is 21.3 Å². The van der Waals surface area contributed by atoms with Crippen LogP contribution in [0.2, 0.25) is 0 Å². The van der Waals surface area contributed by atoms with E-state index in [9.17, 15) is 0 Å². The van der Waals surface area contributed by atoms with Crippen molar-refractivity contribution in [1.29, 1.82) is 0 Å². The first-order valence-electron chi connectivity index (χ1n) is 4.13. The van der Waals surface area contributed by atoms with Crippen LogP contribution in [0.5, 0.6) is 0 Å². The van der Waals surface area contributed by atoms with E-state index in [1.165, 1.54) is 7.11 Å². The van der Waals surface area contributed by atoms with Gasteiger partial charge in [0.1, 0.15) is 18.3 Å². The smallest absolute Gasteiger partial charge is 0.186 e. The number of ether oxygens (including phenoxy) is 4. The highest BCUT2D eigenvalue weighted by Gasteiger charge is 2.45. The first-order chi connectivity index (χ1) is 6.28. The van der Waals surface area contributed by atoms with Gasteiger partial charge in [-0.25, -0.2) is 0 Å². The van der Waals surface area contributed by atoms with Crippen molar-refractivity contribution >= 4 is 0 Å². The molecule has 0 amide bonds. The molecule has 0 spiro atoms. The Morgan fingerprint density at radius 2 is 1.69 bits per heavy atom. The molecule has 0 aromatic carbocycles. The summed E-state index contributed by atoms with van der Waals surface area (Å²) in [5.41, 5.74) is 0. The van der Waals surface area contributed by atoms with Crippen LogP contribution in [-0.4, -0.2) is 57.6 Å². The van der Waals surface area contributed by atoms with Gasteiger partial charge in [0.25, 0.3) is 0 Å². The van der Waals surface area contributed by atoms with Gasteiger partial charge >= 0.3 is 0 Å². The largest absolute Gasteiger partial charge is 0.394 e. The average molecular weight is 192 g/mol. The Morgan fingerprint density at radius 1 is 1.08 bits per heavy atom. The van der Waals surface area contributed by atoms with Gasteiger partial charge in [-0.3, -0.25) is 0 Å². The van der Waals surface area contributed by atoms with E-state index in [0.717, 1.165) is 0 Å². The molecule has 0 saturated carbocycles. The second kappa shape index (κ2) is 4.88. The fourth-order valence-electron chi connectivity index (χ4n) is 1.56. The third kappa shape index (κ3) is 2.00. The maximum Gasteiger partial charge on any atom is 0.186 e. The monoisotopic (exact) mass is 192 g/mol. The Hall–Kier alpha value is -0.200. The topological polar surface area (TPSA) is 57.2 Å². The van der Waals surface area contributed by atoms with Gasteiger partial charge in [0.15, 0.2) is 6.29 Å². The Labute approximate surface area is 77.5 Å². The van der Waals surface area contributed by atoms with E-state index in [-0.39, 0.29) is 24.9 Å². The molecule has 13 heavy (non-hydrogen) atoms. The molecule has 1 fully saturated rings. The molecule has 1 aliphatic rings. The number of hydrogen-bond donors (Lipinski definition) is 1. The lowest BCUT2D eigenvalue weighted by Gasteiger charge is -2.19.